The zero-order valence-corrected chi connectivity index (χ0v) is 21.9. The van der Waals surface area contributed by atoms with Crippen LogP contribution < -0.4 is 31.9 Å². The third-order valence-electron chi connectivity index (χ3n) is 5.13. The number of fused-ring (bicyclic) bond motifs is 1. The number of ether oxygens (including phenoxy) is 2. The van der Waals surface area contributed by atoms with Crippen molar-refractivity contribution in [3.63, 3.8) is 0 Å². The van der Waals surface area contributed by atoms with Crippen LogP contribution in [0.2, 0.25) is 0 Å². The molecule has 3 rings (SSSR count). The molecule has 0 bridgehead atoms. The van der Waals surface area contributed by atoms with Crippen LogP contribution in [0.5, 0.6) is 5.75 Å². The second-order valence-electron chi connectivity index (χ2n) is 8.05. The van der Waals surface area contributed by atoms with Crippen molar-refractivity contribution in [1.29, 1.82) is 0 Å². The van der Waals surface area contributed by atoms with E-state index in [4.69, 9.17) is 26.7 Å². The summed E-state index contributed by atoms with van der Waals surface area (Å²) in [4.78, 5) is 18.3. The van der Waals surface area contributed by atoms with Crippen molar-refractivity contribution >= 4 is 35.3 Å². The number of thioether (sulfide) groups is 1. The number of para-hydroxylation sites is 1. The topological polar surface area (TPSA) is 155 Å². The molecule has 36 heavy (non-hydrogen) atoms. The quantitative estimate of drug-likeness (QED) is 0.241. The number of hydrogen-bond acceptors (Lipinski definition) is 6. The van der Waals surface area contributed by atoms with Crippen molar-refractivity contribution in [3.8, 4) is 5.75 Å². The van der Waals surface area contributed by atoms with Crippen LogP contribution in [0.1, 0.15) is 12.5 Å². The molecule has 0 spiro atoms. The van der Waals surface area contributed by atoms with Gasteiger partial charge in [-0.15, -0.1) is 11.8 Å². The van der Waals surface area contributed by atoms with Crippen molar-refractivity contribution in [3.05, 3.63) is 54.1 Å². The van der Waals surface area contributed by atoms with Gasteiger partial charge >= 0.3 is 5.96 Å². The molecule has 1 atom stereocenters. The Morgan fingerprint density at radius 1 is 1.17 bits per heavy atom. The van der Waals surface area contributed by atoms with E-state index in [1.54, 1.807) is 25.6 Å². The number of carbonyl (C=O) groups excluding carboxylic acids is 1. The molecule has 1 heterocycles. The monoisotopic (exact) mass is 516 g/mol. The fourth-order valence-corrected chi connectivity index (χ4v) is 4.36. The van der Waals surface area contributed by atoms with Gasteiger partial charge in [0.05, 0.1) is 32.3 Å². The van der Waals surface area contributed by atoms with Gasteiger partial charge in [0.1, 0.15) is 18.5 Å². The fraction of sp³-hybridized carbons (Fsp3) is 0.400. The van der Waals surface area contributed by atoms with Crippen LogP contribution in [-0.2, 0) is 16.0 Å². The summed E-state index contributed by atoms with van der Waals surface area (Å²) in [6.07, 6.45) is -0.627. The SMILES string of the molecule is CCO[C@@H](Cc1ccc(OCCN2CCSc3ccccc32)cc1)C(=O)[O-].C[N+](C)=C(N)N=C(N)N. The van der Waals surface area contributed by atoms with Crippen molar-refractivity contribution in [2.45, 2.75) is 24.3 Å². The number of benzene rings is 2. The number of rotatable bonds is 9. The Hall–Kier alpha value is -3.44. The van der Waals surface area contributed by atoms with Crippen molar-refractivity contribution in [2.75, 3.05) is 51.1 Å². The summed E-state index contributed by atoms with van der Waals surface area (Å²) in [6.45, 7) is 4.56. The molecule has 196 valence electrons. The van der Waals surface area contributed by atoms with Crippen LogP contribution >= 0.6 is 11.8 Å². The molecule has 10 nitrogen and oxygen atoms in total. The number of anilines is 1. The molecule has 0 saturated carbocycles. The number of aliphatic imine (C=N–C) groups is 1. The first kappa shape index (κ1) is 28.8. The summed E-state index contributed by atoms with van der Waals surface area (Å²) in [6, 6.07) is 15.9. The van der Waals surface area contributed by atoms with Crippen LogP contribution in [0, 0.1) is 0 Å². The van der Waals surface area contributed by atoms with E-state index >= 15 is 0 Å². The molecule has 0 amide bonds. The third kappa shape index (κ3) is 9.67. The molecule has 2 aromatic carbocycles. The molecule has 6 N–H and O–H groups in total. The maximum Gasteiger partial charge on any atom is 0.387 e. The molecule has 0 aliphatic carbocycles. The van der Waals surface area contributed by atoms with E-state index in [-0.39, 0.29) is 5.96 Å². The van der Waals surface area contributed by atoms with Crippen LogP contribution in [0.15, 0.2) is 58.4 Å². The molecule has 1 aliphatic heterocycles. The maximum atomic E-state index is 11.1. The lowest BCUT2D eigenvalue weighted by atomic mass is 10.1. The van der Waals surface area contributed by atoms with Gasteiger partial charge in [0.2, 0.25) is 0 Å². The number of hydrogen-bond donors (Lipinski definition) is 3. The van der Waals surface area contributed by atoms with Crippen molar-refractivity contribution < 1.29 is 24.0 Å². The van der Waals surface area contributed by atoms with E-state index in [9.17, 15) is 9.90 Å². The standard InChI is InChI=1S/C21H25NO4S.C4H11N5/c1-2-25-19(21(23)24)15-16-7-9-17(10-8-16)26-13-11-22-12-14-27-20-6-4-3-5-18(20)22;1-9(2)4(7)8-3(5)6/h3-10,19H,2,11-15H2,1H3,(H,23,24);1-2H3,(H5,5,6,7,8)/t19-;/m0./s1. The average molecular weight is 517 g/mol. The number of carboxylic acid groups (broad SMARTS) is 1. The number of aliphatic carboxylic acids is 1. The highest BCUT2D eigenvalue weighted by molar-refractivity contribution is 7.99. The molecule has 0 saturated heterocycles. The Morgan fingerprint density at radius 2 is 1.86 bits per heavy atom. The normalized spacial score (nSPS) is 12.9. The third-order valence-corrected chi connectivity index (χ3v) is 6.17. The van der Waals surface area contributed by atoms with E-state index in [1.807, 2.05) is 36.0 Å². The van der Waals surface area contributed by atoms with E-state index in [0.29, 0.717) is 25.6 Å². The fourth-order valence-electron chi connectivity index (χ4n) is 3.31. The van der Waals surface area contributed by atoms with Gasteiger partial charge in [-0.3, -0.25) is 10.3 Å². The summed E-state index contributed by atoms with van der Waals surface area (Å²) >= 11 is 1.90. The van der Waals surface area contributed by atoms with E-state index in [2.05, 4.69) is 34.2 Å². The van der Waals surface area contributed by atoms with Crippen LogP contribution in [-0.4, -0.2) is 74.7 Å². The van der Waals surface area contributed by atoms with Gasteiger partial charge in [0, 0.05) is 30.2 Å². The highest BCUT2D eigenvalue weighted by Crippen LogP contribution is 2.33. The zero-order valence-electron chi connectivity index (χ0n) is 21.1. The van der Waals surface area contributed by atoms with E-state index in [1.165, 1.54) is 10.6 Å². The number of nitrogens with two attached hydrogens (primary N) is 3. The Balaban J connectivity index is 0.000000434. The molecular weight excluding hydrogens is 480 g/mol. The minimum atomic E-state index is -1.18. The molecule has 11 heteroatoms. The molecule has 0 unspecified atom stereocenters. The van der Waals surface area contributed by atoms with Gasteiger partial charge in [-0.25, -0.2) is 0 Å². The summed E-state index contributed by atoms with van der Waals surface area (Å²) in [7, 11) is 3.50. The maximum absolute atomic E-state index is 11.1. The van der Waals surface area contributed by atoms with Gasteiger partial charge in [0.15, 0.2) is 0 Å². The molecule has 0 fully saturated rings. The molecule has 0 aromatic heterocycles. The first-order valence-electron chi connectivity index (χ1n) is 11.6. The van der Waals surface area contributed by atoms with Gasteiger partial charge < -0.3 is 35.7 Å². The lowest BCUT2D eigenvalue weighted by molar-refractivity contribution is -0.466. The molecule has 0 radical (unpaired) electrons. The predicted octanol–water partition coefficient (Wildman–Crippen LogP) is 0.222. The Morgan fingerprint density at radius 3 is 2.44 bits per heavy atom. The minimum Gasteiger partial charge on any atom is -0.547 e. The number of guanidine groups is 2. The van der Waals surface area contributed by atoms with Crippen LogP contribution in [0.25, 0.3) is 0 Å². The highest BCUT2D eigenvalue weighted by atomic mass is 32.2. The van der Waals surface area contributed by atoms with Gasteiger partial charge in [0.25, 0.3) is 5.96 Å². The highest BCUT2D eigenvalue weighted by Gasteiger charge is 2.16. The predicted molar refractivity (Wildman–Crippen MR) is 143 cm³/mol. The summed E-state index contributed by atoms with van der Waals surface area (Å²) in [5.41, 5.74) is 17.5. The Kier molecular flexibility index (Phi) is 11.9. The second-order valence-corrected chi connectivity index (χ2v) is 9.19. The lowest BCUT2D eigenvalue weighted by Gasteiger charge is -2.30. The molecular formula is C25H36N6O4S. The van der Waals surface area contributed by atoms with Crippen LogP contribution in [0.4, 0.5) is 5.69 Å². The van der Waals surface area contributed by atoms with E-state index in [0.717, 1.165) is 30.2 Å². The van der Waals surface area contributed by atoms with Crippen molar-refractivity contribution in [2.24, 2.45) is 22.2 Å². The Bertz CT molecular complexity index is 1040. The Labute approximate surface area is 216 Å². The number of carboxylic acids is 1. The van der Waals surface area contributed by atoms with Crippen LogP contribution in [0.3, 0.4) is 0 Å². The molecule has 1 aliphatic rings. The first-order chi connectivity index (χ1) is 17.2. The molecule has 2 aromatic rings. The van der Waals surface area contributed by atoms with E-state index < -0.39 is 12.1 Å². The summed E-state index contributed by atoms with van der Waals surface area (Å²) in [5, 5.41) is 11.1. The minimum absolute atomic E-state index is 0.0267. The lowest BCUT2D eigenvalue weighted by Crippen LogP contribution is -2.39. The van der Waals surface area contributed by atoms with Gasteiger partial charge in [-0.2, -0.15) is 0 Å². The summed E-state index contributed by atoms with van der Waals surface area (Å²) < 4.78 is 12.7. The van der Waals surface area contributed by atoms with Crippen molar-refractivity contribution in [1.82, 2.24) is 0 Å². The largest absolute Gasteiger partial charge is 0.547 e. The second kappa shape index (κ2) is 14.8. The number of nitrogens with zero attached hydrogens (tertiary/aromatic N) is 3. The average Bonchev–Trinajstić information content (AvgIpc) is 2.85. The zero-order chi connectivity index (χ0) is 26.5. The van der Waals surface area contributed by atoms with Gasteiger partial charge in [-0.1, -0.05) is 24.3 Å². The number of carbonyl (C=O) groups is 1. The summed E-state index contributed by atoms with van der Waals surface area (Å²) in [5.74, 6) is 0.957. The van der Waals surface area contributed by atoms with Gasteiger partial charge in [-0.05, 0) is 41.7 Å². The smallest absolute Gasteiger partial charge is 0.387 e. The first-order valence-corrected chi connectivity index (χ1v) is 12.6.